The van der Waals surface area contributed by atoms with E-state index in [9.17, 15) is 0 Å². The van der Waals surface area contributed by atoms with Crippen LogP contribution in [-0.2, 0) is 5.54 Å². The molecule has 4 nitrogen and oxygen atoms in total. The van der Waals surface area contributed by atoms with Crippen molar-refractivity contribution in [2.75, 3.05) is 5.32 Å². The van der Waals surface area contributed by atoms with Crippen LogP contribution in [0.4, 0.5) is 5.69 Å². The zero-order valence-corrected chi connectivity index (χ0v) is 15.9. The van der Waals surface area contributed by atoms with E-state index < -0.39 is 0 Å². The lowest BCUT2D eigenvalue weighted by atomic mass is 9.75. The molecule has 27 heavy (non-hydrogen) atoms. The molecule has 1 aromatic heterocycles. The number of hydrogen-bond donors (Lipinski definition) is 2. The highest BCUT2D eigenvalue weighted by Crippen LogP contribution is 2.50. The van der Waals surface area contributed by atoms with Crippen molar-refractivity contribution >= 4 is 23.0 Å². The van der Waals surface area contributed by atoms with Gasteiger partial charge in [-0.3, -0.25) is 0 Å². The van der Waals surface area contributed by atoms with Crippen LogP contribution in [0.3, 0.4) is 0 Å². The number of nitrogens with zero attached hydrogens (tertiary/aromatic N) is 2. The average molecular weight is 375 g/mol. The Morgan fingerprint density at radius 3 is 2.59 bits per heavy atom. The number of anilines is 1. The zero-order valence-electron chi connectivity index (χ0n) is 15.1. The van der Waals surface area contributed by atoms with Crippen molar-refractivity contribution in [3.63, 3.8) is 0 Å². The third-order valence-corrected chi connectivity index (χ3v) is 6.20. The lowest BCUT2D eigenvalue weighted by Gasteiger charge is -2.40. The molecule has 2 aliphatic rings. The van der Waals surface area contributed by atoms with Gasteiger partial charge in [0, 0.05) is 17.3 Å². The molecule has 0 radical (unpaired) electrons. The fourth-order valence-electron chi connectivity index (χ4n) is 4.70. The van der Waals surface area contributed by atoms with Crippen molar-refractivity contribution < 1.29 is 0 Å². The summed E-state index contributed by atoms with van der Waals surface area (Å²) in [6.45, 7) is 0. The topological polar surface area (TPSA) is 41.9 Å². The molecule has 1 aliphatic carbocycles. The van der Waals surface area contributed by atoms with Gasteiger partial charge in [0.05, 0.1) is 23.8 Å². The van der Waals surface area contributed by atoms with E-state index in [1.54, 1.807) is 0 Å². The first-order valence-corrected chi connectivity index (χ1v) is 9.92. The maximum atomic E-state index is 5.52. The molecule has 0 saturated heterocycles. The highest BCUT2D eigenvalue weighted by Gasteiger charge is 2.45. The van der Waals surface area contributed by atoms with Gasteiger partial charge in [-0.25, -0.2) is 4.98 Å². The Morgan fingerprint density at radius 2 is 1.78 bits per heavy atom. The number of para-hydroxylation sites is 1. The maximum absolute atomic E-state index is 5.52. The molecular formula is C22H22N4S. The molecule has 1 aliphatic heterocycles. The molecule has 2 N–H and O–H groups in total. The molecule has 1 spiro atoms. The van der Waals surface area contributed by atoms with E-state index in [0.29, 0.717) is 11.2 Å². The molecule has 5 rings (SSSR count). The second-order valence-corrected chi connectivity index (χ2v) is 7.87. The Balaban J connectivity index is 1.30. The van der Waals surface area contributed by atoms with E-state index in [4.69, 9.17) is 12.2 Å². The summed E-state index contributed by atoms with van der Waals surface area (Å²) in [4.78, 5) is 4.42. The predicted molar refractivity (Wildman–Crippen MR) is 113 cm³/mol. The molecule has 0 unspecified atom stereocenters. The highest BCUT2D eigenvalue weighted by atomic mass is 32.1. The van der Waals surface area contributed by atoms with Crippen LogP contribution >= 0.6 is 12.2 Å². The summed E-state index contributed by atoms with van der Waals surface area (Å²) >= 11 is 5.52. The van der Waals surface area contributed by atoms with Gasteiger partial charge in [0.2, 0.25) is 0 Å². The summed E-state index contributed by atoms with van der Waals surface area (Å²) in [5.74, 6) is 0. The molecule has 1 fully saturated rings. The van der Waals surface area contributed by atoms with Gasteiger partial charge < -0.3 is 15.2 Å². The summed E-state index contributed by atoms with van der Waals surface area (Å²) in [7, 11) is 0. The number of rotatable bonds is 2. The van der Waals surface area contributed by atoms with Gasteiger partial charge in [0.1, 0.15) is 0 Å². The van der Waals surface area contributed by atoms with Crippen LogP contribution < -0.4 is 10.6 Å². The normalized spacial score (nSPS) is 22.9. The van der Waals surface area contributed by atoms with Crippen LogP contribution in [0.1, 0.15) is 31.2 Å². The smallest absolute Gasteiger partial charge is 0.170 e. The van der Waals surface area contributed by atoms with Gasteiger partial charge in [-0.05, 0) is 55.6 Å². The van der Waals surface area contributed by atoms with Crippen LogP contribution in [0, 0.1) is 0 Å². The second kappa shape index (κ2) is 6.50. The van der Waals surface area contributed by atoms with Crippen molar-refractivity contribution in [1.29, 1.82) is 0 Å². The Bertz CT molecular complexity index is 971. The monoisotopic (exact) mass is 374 g/mol. The standard InChI is InChI=1S/C22H22N4S/c27-21(24-16-6-2-1-3-7-16)25-17-10-12-22(13-11-17)19-9-5-4-8-18(19)20-14-23-15-26(20)22/h1-9,14-15,17H,10-13H2,(H2,24,25,27). The van der Waals surface area contributed by atoms with Gasteiger partial charge in [-0.15, -0.1) is 0 Å². The van der Waals surface area contributed by atoms with Gasteiger partial charge in [0.25, 0.3) is 0 Å². The minimum Gasteiger partial charge on any atom is -0.360 e. The van der Waals surface area contributed by atoms with E-state index in [-0.39, 0.29) is 5.54 Å². The summed E-state index contributed by atoms with van der Waals surface area (Å²) in [6, 6.07) is 19.3. The van der Waals surface area contributed by atoms with Gasteiger partial charge >= 0.3 is 0 Å². The number of benzene rings is 2. The second-order valence-electron chi connectivity index (χ2n) is 7.46. The average Bonchev–Trinajstić information content (AvgIpc) is 3.27. The van der Waals surface area contributed by atoms with E-state index >= 15 is 0 Å². The number of imidazole rings is 1. The lowest BCUT2D eigenvalue weighted by molar-refractivity contribution is 0.230. The maximum Gasteiger partial charge on any atom is 0.170 e. The molecule has 3 aromatic rings. The van der Waals surface area contributed by atoms with Gasteiger partial charge in [-0.1, -0.05) is 42.5 Å². The van der Waals surface area contributed by atoms with Crippen molar-refractivity contribution in [3.05, 3.63) is 72.7 Å². The Labute approximate surface area is 164 Å². The van der Waals surface area contributed by atoms with Crippen LogP contribution in [0.2, 0.25) is 0 Å². The van der Waals surface area contributed by atoms with Gasteiger partial charge in [0.15, 0.2) is 5.11 Å². The first-order valence-electron chi connectivity index (χ1n) is 9.51. The van der Waals surface area contributed by atoms with E-state index in [2.05, 4.69) is 44.5 Å². The minimum atomic E-state index is 0.0507. The van der Waals surface area contributed by atoms with Crippen molar-refractivity contribution in [1.82, 2.24) is 14.9 Å². The largest absolute Gasteiger partial charge is 0.360 e. The molecule has 0 bridgehead atoms. The van der Waals surface area contributed by atoms with Gasteiger partial charge in [-0.2, -0.15) is 0 Å². The molecular weight excluding hydrogens is 352 g/mol. The van der Waals surface area contributed by atoms with E-state index in [1.165, 1.54) is 16.8 Å². The number of nitrogens with one attached hydrogen (secondary N) is 2. The van der Waals surface area contributed by atoms with Crippen LogP contribution in [0.25, 0.3) is 11.3 Å². The molecule has 0 atom stereocenters. The van der Waals surface area contributed by atoms with Crippen LogP contribution in [0.15, 0.2) is 67.1 Å². The summed E-state index contributed by atoms with van der Waals surface area (Å²) in [5.41, 5.74) is 5.11. The summed E-state index contributed by atoms with van der Waals surface area (Å²) < 4.78 is 2.40. The van der Waals surface area contributed by atoms with Crippen molar-refractivity contribution in [3.8, 4) is 11.3 Å². The molecule has 5 heteroatoms. The lowest BCUT2D eigenvalue weighted by Crippen LogP contribution is -2.45. The zero-order chi connectivity index (χ0) is 18.3. The number of aromatic nitrogens is 2. The number of hydrogen-bond acceptors (Lipinski definition) is 2. The summed E-state index contributed by atoms with van der Waals surface area (Å²) in [5, 5.41) is 7.50. The van der Waals surface area contributed by atoms with Crippen LogP contribution in [-0.4, -0.2) is 20.7 Å². The first kappa shape index (κ1) is 16.5. The fourth-order valence-corrected chi connectivity index (χ4v) is 4.99. The predicted octanol–water partition coefficient (Wildman–Crippen LogP) is 4.54. The number of thiocarbonyl (C=S) groups is 1. The summed E-state index contributed by atoms with van der Waals surface area (Å²) in [6.07, 6.45) is 8.37. The van der Waals surface area contributed by atoms with Crippen molar-refractivity contribution in [2.24, 2.45) is 0 Å². The SMILES string of the molecule is S=C(Nc1ccccc1)NC1CCC2(CC1)c1ccccc1-c1cncn12. The Hall–Kier alpha value is -2.66. The third kappa shape index (κ3) is 2.73. The highest BCUT2D eigenvalue weighted by molar-refractivity contribution is 7.80. The molecule has 0 amide bonds. The fraction of sp³-hybridized carbons (Fsp3) is 0.273. The van der Waals surface area contributed by atoms with Crippen molar-refractivity contribution in [2.45, 2.75) is 37.3 Å². The minimum absolute atomic E-state index is 0.0507. The van der Waals surface area contributed by atoms with E-state index in [0.717, 1.165) is 31.4 Å². The molecule has 1 saturated carbocycles. The Morgan fingerprint density at radius 1 is 1.04 bits per heavy atom. The van der Waals surface area contributed by atoms with E-state index in [1.807, 2.05) is 42.9 Å². The molecule has 136 valence electrons. The quantitative estimate of drug-likeness (QED) is 0.647. The van der Waals surface area contributed by atoms with Crippen LogP contribution in [0.5, 0.6) is 0 Å². The molecule has 2 heterocycles. The Kier molecular flexibility index (Phi) is 3.97. The number of fused-ring (bicyclic) bond motifs is 5. The molecule has 2 aromatic carbocycles. The first-order chi connectivity index (χ1) is 13.3. The third-order valence-electron chi connectivity index (χ3n) is 5.98.